The Hall–Kier alpha value is -3.59. The first-order valence-corrected chi connectivity index (χ1v) is 9.92. The molecule has 3 heterocycles. The molecule has 2 aromatic heterocycles. The minimum atomic E-state index is -0.759. The van der Waals surface area contributed by atoms with Gasteiger partial charge in [0.1, 0.15) is 18.2 Å². The topological polar surface area (TPSA) is 84.4 Å². The molecule has 3 aromatic rings. The van der Waals surface area contributed by atoms with Gasteiger partial charge in [-0.2, -0.15) is 0 Å². The van der Waals surface area contributed by atoms with Gasteiger partial charge in [0.25, 0.3) is 0 Å². The molecule has 1 N–H and O–H groups in total. The van der Waals surface area contributed by atoms with E-state index < -0.39 is 29.4 Å². The minimum Gasteiger partial charge on any atom is -0.481 e. The van der Waals surface area contributed by atoms with Gasteiger partial charge in [-0.15, -0.1) is 0 Å². The summed E-state index contributed by atoms with van der Waals surface area (Å²) in [6.45, 7) is 1.24. The van der Waals surface area contributed by atoms with Crippen LogP contribution in [0.2, 0.25) is 5.02 Å². The van der Waals surface area contributed by atoms with Crippen LogP contribution in [0.5, 0.6) is 5.88 Å². The number of halogens is 3. The van der Waals surface area contributed by atoms with Crippen molar-refractivity contribution < 1.29 is 23.1 Å². The number of fused-ring (bicyclic) bond motifs is 3. The molecule has 0 radical (unpaired) electrons. The number of pyridine rings is 2. The van der Waals surface area contributed by atoms with Crippen molar-refractivity contribution in [1.82, 2.24) is 9.97 Å². The highest BCUT2D eigenvalue weighted by atomic mass is 35.5. The normalized spacial score (nSPS) is 15.0. The Morgan fingerprint density at radius 3 is 2.69 bits per heavy atom. The zero-order valence-electron chi connectivity index (χ0n) is 17.0. The molecule has 0 saturated carbocycles. The number of anilines is 2. The first-order valence-electron chi connectivity index (χ1n) is 9.54. The Labute approximate surface area is 187 Å². The van der Waals surface area contributed by atoms with Crippen LogP contribution in [0.3, 0.4) is 0 Å². The van der Waals surface area contributed by atoms with Gasteiger partial charge in [0.05, 0.1) is 35.6 Å². The first-order chi connectivity index (χ1) is 15.3. The predicted molar refractivity (Wildman–Crippen MR) is 115 cm³/mol. The van der Waals surface area contributed by atoms with Crippen LogP contribution in [-0.2, 0) is 9.59 Å². The molecule has 164 valence electrons. The SMILES string of the molecule is COc1cc2c(cn1)-c1cc(F)cnc1[C@@H](C)C(=O)N2CC(=O)Nc1ccc(Cl)c(F)c1. The molecule has 0 unspecified atom stereocenters. The quantitative estimate of drug-likeness (QED) is 0.634. The average molecular weight is 459 g/mol. The molecule has 0 bridgehead atoms. The Kier molecular flexibility index (Phi) is 5.75. The van der Waals surface area contributed by atoms with Crippen LogP contribution in [-0.4, -0.2) is 35.4 Å². The number of amides is 2. The second kappa shape index (κ2) is 8.51. The number of hydrogen-bond acceptors (Lipinski definition) is 5. The van der Waals surface area contributed by atoms with E-state index in [1.165, 1.54) is 42.5 Å². The van der Waals surface area contributed by atoms with Crippen LogP contribution in [0.1, 0.15) is 18.5 Å². The van der Waals surface area contributed by atoms with Gasteiger partial charge in [0, 0.05) is 29.1 Å². The Bertz CT molecular complexity index is 1240. The summed E-state index contributed by atoms with van der Waals surface area (Å²) in [6.07, 6.45) is 2.48. The van der Waals surface area contributed by atoms with Gasteiger partial charge in [-0.3, -0.25) is 14.6 Å². The predicted octanol–water partition coefficient (Wildman–Crippen LogP) is 4.17. The third-order valence-corrected chi connectivity index (χ3v) is 5.39. The van der Waals surface area contributed by atoms with Crippen molar-refractivity contribution in [3.63, 3.8) is 0 Å². The molecule has 2 amide bonds. The fourth-order valence-electron chi connectivity index (χ4n) is 3.53. The van der Waals surface area contributed by atoms with Crippen molar-refractivity contribution in [3.05, 3.63) is 65.1 Å². The third kappa shape index (κ3) is 3.99. The maximum Gasteiger partial charge on any atom is 0.244 e. The number of nitrogens with one attached hydrogen (secondary N) is 1. The molecule has 0 saturated heterocycles. The van der Waals surface area contributed by atoms with Gasteiger partial charge >= 0.3 is 0 Å². The highest BCUT2D eigenvalue weighted by Crippen LogP contribution is 2.41. The van der Waals surface area contributed by atoms with E-state index >= 15 is 0 Å². The molecule has 1 aliphatic heterocycles. The van der Waals surface area contributed by atoms with Gasteiger partial charge in [-0.05, 0) is 31.2 Å². The zero-order chi connectivity index (χ0) is 23.0. The Morgan fingerprint density at radius 1 is 1.19 bits per heavy atom. The van der Waals surface area contributed by atoms with Crippen molar-refractivity contribution in [2.45, 2.75) is 12.8 Å². The summed E-state index contributed by atoms with van der Waals surface area (Å²) < 4.78 is 32.9. The van der Waals surface area contributed by atoms with Crippen LogP contribution in [0.4, 0.5) is 20.2 Å². The molecule has 0 spiro atoms. The summed E-state index contributed by atoms with van der Waals surface area (Å²) in [5.74, 6) is -2.80. The number of carbonyl (C=O) groups excluding carboxylic acids is 2. The monoisotopic (exact) mass is 458 g/mol. The number of methoxy groups -OCH3 is 1. The number of hydrogen-bond donors (Lipinski definition) is 1. The molecule has 1 atom stereocenters. The van der Waals surface area contributed by atoms with Gasteiger partial charge in [-0.25, -0.2) is 13.8 Å². The van der Waals surface area contributed by atoms with Gasteiger partial charge in [0.2, 0.25) is 17.7 Å². The first kappa shape index (κ1) is 21.6. The van der Waals surface area contributed by atoms with Crippen molar-refractivity contribution in [1.29, 1.82) is 0 Å². The summed E-state index contributed by atoms with van der Waals surface area (Å²) in [5, 5.41) is 2.47. The number of carbonyl (C=O) groups is 2. The van der Waals surface area contributed by atoms with Crippen molar-refractivity contribution in [2.24, 2.45) is 0 Å². The number of nitrogens with zero attached hydrogens (tertiary/aromatic N) is 3. The van der Waals surface area contributed by atoms with E-state index in [0.717, 1.165) is 12.3 Å². The lowest BCUT2D eigenvalue weighted by molar-refractivity contribution is -0.122. The van der Waals surface area contributed by atoms with Crippen LogP contribution >= 0.6 is 11.6 Å². The summed E-state index contributed by atoms with van der Waals surface area (Å²) >= 11 is 5.68. The fraction of sp³-hybridized carbons (Fsp3) is 0.182. The highest BCUT2D eigenvalue weighted by molar-refractivity contribution is 6.30. The van der Waals surface area contributed by atoms with Crippen LogP contribution in [0.25, 0.3) is 11.1 Å². The van der Waals surface area contributed by atoms with Gasteiger partial charge in [-0.1, -0.05) is 11.6 Å². The lowest BCUT2D eigenvalue weighted by Gasteiger charge is -2.24. The third-order valence-electron chi connectivity index (χ3n) is 5.08. The lowest BCUT2D eigenvalue weighted by Crippen LogP contribution is -2.40. The van der Waals surface area contributed by atoms with E-state index in [1.54, 1.807) is 6.92 Å². The van der Waals surface area contributed by atoms with E-state index in [1.807, 2.05) is 0 Å². The molecule has 0 aliphatic carbocycles. The Balaban J connectivity index is 1.74. The molecule has 32 heavy (non-hydrogen) atoms. The van der Waals surface area contributed by atoms with E-state index in [4.69, 9.17) is 16.3 Å². The second-order valence-electron chi connectivity index (χ2n) is 7.15. The maximum atomic E-state index is 14.0. The molecule has 0 fully saturated rings. The summed E-state index contributed by atoms with van der Waals surface area (Å²) in [7, 11) is 1.41. The molecular formula is C22H17ClF2N4O3. The fourth-order valence-corrected chi connectivity index (χ4v) is 3.65. The second-order valence-corrected chi connectivity index (χ2v) is 7.56. The van der Waals surface area contributed by atoms with Gasteiger partial charge < -0.3 is 15.0 Å². The molecule has 4 rings (SSSR count). The minimum absolute atomic E-state index is 0.0782. The molecular weight excluding hydrogens is 442 g/mol. The smallest absolute Gasteiger partial charge is 0.244 e. The Morgan fingerprint density at radius 2 is 1.97 bits per heavy atom. The summed E-state index contributed by atoms with van der Waals surface area (Å²) in [4.78, 5) is 35.6. The van der Waals surface area contributed by atoms with Crippen molar-refractivity contribution in [2.75, 3.05) is 23.9 Å². The van der Waals surface area contributed by atoms with Crippen molar-refractivity contribution >= 4 is 34.8 Å². The van der Waals surface area contributed by atoms with Gasteiger partial charge in [0.15, 0.2) is 0 Å². The lowest BCUT2D eigenvalue weighted by atomic mass is 9.98. The van der Waals surface area contributed by atoms with Crippen molar-refractivity contribution in [3.8, 4) is 17.0 Å². The highest BCUT2D eigenvalue weighted by Gasteiger charge is 2.34. The number of ether oxygens (including phenoxy) is 1. The maximum absolute atomic E-state index is 14.0. The van der Waals surface area contributed by atoms with E-state index in [-0.39, 0.29) is 23.1 Å². The number of aromatic nitrogens is 2. The molecule has 1 aromatic carbocycles. The van der Waals surface area contributed by atoms with E-state index in [2.05, 4.69) is 15.3 Å². The molecule has 7 nitrogen and oxygen atoms in total. The van der Waals surface area contributed by atoms with E-state index in [9.17, 15) is 18.4 Å². The number of benzene rings is 1. The van der Waals surface area contributed by atoms with Crippen LogP contribution < -0.4 is 15.0 Å². The van der Waals surface area contributed by atoms with Crippen LogP contribution in [0.15, 0.2) is 42.7 Å². The zero-order valence-corrected chi connectivity index (χ0v) is 17.8. The standard InChI is InChI=1S/C22H17ClF2N4O3/c1-11-21-14(5-12(24)8-27-21)15-9-26-20(32-2)7-18(15)29(22(11)31)10-19(30)28-13-3-4-16(23)17(25)6-13/h3-9,11H,10H2,1-2H3,(H,28,30)/t11-/m1/s1. The van der Waals surface area contributed by atoms with Crippen LogP contribution in [0, 0.1) is 11.6 Å². The molecule has 10 heteroatoms. The number of rotatable bonds is 4. The largest absolute Gasteiger partial charge is 0.481 e. The average Bonchev–Trinajstić information content (AvgIpc) is 2.85. The summed E-state index contributed by atoms with van der Waals surface area (Å²) in [5.41, 5.74) is 1.70. The van der Waals surface area contributed by atoms with E-state index in [0.29, 0.717) is 22.5 Å². The summed E-state index contributed by atoms with van der Waals surface area (Å²) in [6, 6.07) is 6.61. The molecule has 1 aliphatic rings.